The van der Waals surface area contributed by atoms with Crippen LogP contribution < -0.4 is 0 Å². The minimum absolute atomic E-state index is 0.193. The average Bonchev–Trinajstić information content (AvgIpc) is 3.24. The standard InChI is InChI=1S/C24H18FN3O3/c1-16-6-5-9-18(14-16)23-26-22(27-28(23)20-12-10-19(25)11-13-20)24(30)31-15-21(29)17-7-3-2-4-8-17/h2-14H,15H2,1H3. The second kappa shape index (κ2) is 8.71. The van der Waals surface area contributed by atoms with Crippen molar-refractivity contribution in [1.29, 1.82) is 0 Å². The molecule has 1 heterocycles. The molecule has 0 aliphatic carbocycles. The molecule has 0 aliphatic rings. The van der Waals surface area contributed by atoms with Crippen molar-refractivity contribution in [2.75, 3.05) is 6.61 Å². The zero-order valence-electron chi connectivity index (χ0n) is 16.7. The second-order valence-electron chi connectivity index (χ2n) is 6.88. The summed E-state index contributed by atoms with van der Waals surface area (Å²) in [5.41, 5.74) is 2.71. The highest BCUT2D eigenvalue weighted by Crippen LogP contribution is 2.22. The number of rotatable bonds is 6. The van der Waals surface area contributed by atoms with Gasteiger partial charge in [0.25, 0.3) is 5.82 Å². The highest BCUT2D eigenvalue weighted by molar-refractivity contribution is 5.98. The van der Waals surface area contributed by atoms with Crippen molar-refractivity contribution in [3.63, 3.8) is 0 Å². The van der Waals surface area contributed by atoms with E-state index in [4.69, 9.17) is 4.74 Å². The number of aryl methyl sites for hydroxylation is 1. The maximum absolute atomic E-state index is 13.4. The number of nitrogens with zero attached hydrogens (tertiary/aromatic N) is 3. The number of carbonyl (C=O) groups excluding carboxylic acids is 2. The van der Waals surface area contributed by atoms with Gasteiger partial charge in [0.15, 0.2) is 18.2 Å². The van der Waals surface area contributed by atoms with Gasteiger partial charge < -0.3 is 4.74 Å². The lowest BCUT2D eigenvalue weighted by molar-refractivity contribution is 0.0462. The van der Waals surface area contributed by atoms with Crippen LogP contribution in [0.5, 0.6) is 0 Å². The smallest absolute Gasteiger partial charge is 0.378 e. The van der Waals surface area contributed by atoms with E-state index in [1.165, 1.54) is 28.9 Å². The van der Waals surface area contributed by atoms with Crippen molar-refractivity contribution in [2.45, 2.75) is 6.92 Å². The van der Waals surface area contributed by atoms with Crippen LogP contribution in [0.1, 0.15) is 26.5 Å². The minimum atomic E-state index is -0.820. The van der Waals surface area contributed by atoms with Crippen molar-refractivity contribution in [2.24, 2.45) is 0 Å². The lowest BCUT2D eigenvalue weighted by Crippen LogP contribution is -2.15. The van der Waals surface area contributed by atoms with Crippen molar-refractivity contribution in [3.05, 3.63) is 102 Å². The Morgan fingerprint density at radius 1 is 0.968 bits per heavy atom. The quantitative estimate of drug-likeness (QED) is 0.344. The molecule has 0 spiro atoms. The van der Waals surface area contributed by atoms with Crippen LogP contribution in [0, 0.1) is 12.7 Å². The summed E-state index contributed by atoms with van der Waals surface area (Å²) in [6.07, 6.45) is 0. The van der Waals surface area contributed by atoms with Gasteiger partial charge in [0.2, 0.25) is 0 Å². The first-order valence-electron chi connectivity index (χ1n) is 9.57. The molecule has 3 aromatic carbocycles. The van der Waals surface area contributed by atoms with Crippen LogP contribution >= 0.6 is 0 Å². The van der Waals surface area contributed by atoms with Crippen molar-refractivity contribution >= 4 is 11.8 Å². The zero-order valence-corrected chi connectivity index (χ0v) is 16.7. The highest BCUT2D eigenvalue weighted by Gasteiger charge is 2.21. The highest BCUT2D eigenvalue weighted by atomic mass is 19.1. The fourth-order valence-corrected chi connectivity index (χ4v) is 3.03. The summed E-state index contributed by atoms with van der Waals surface area (Å²) in [7, 11) is 0. The molecule has 6 nitrogen and oxygen atoms in total. The van der Waals surface area contributed by atoms with Gasteiger partial charge in [-0.1, -0.05) is 54.1 Å². The summed E-state index contributed by atoms with van der Waals surface area (Å²) in [5.74, 6) is -1.33. The maximum atomic E-state index is 13.4. The minimum Gasteiger partial charge on any atom is -0.451 e. The van der Waals surface area contributed by atoms with Gasteiger partial charge in [0.05, 0.1) is 5.69 Å². The number of esters is 1. The zero-order chi connectivity index (χ0) is 21.8. The van der Waals surface area contributed by atoms with Gasteiger partial charge >= 0.3 is 5.97 Å². The van der Waals surface area contributed by atoms with Gasteiger partial charge in [-0.3, -0.25) is 4.79 Å². The molecular formula is C24H18FN3O3. The van der Waals surface area contributed by atoms with E-state index >= 15 is 0 Å². The monoisotopic (exact) mass is 415 g/mol. The Bertz CT molecular complexity index is 1230. The third-order valence-electron chi connectivity index (χ3n) is 4.57. The van der Waals surface area contributed by atoms with Gasteiger partial charge in [-0.25, -0.2) is 18.9 Å². The molecule has 0 atom stereocenters. The fourth-order valence-electron chi connectivity index (χ4n) is 3.03. The molecule has 0 unspecified atom stereocenters. The van der Waals surface area contributed by atoms with Crippen molar-refractivity contribution in [1.82, 2.24) is 14.8 Å². The van der Waals surface area contributed by atoms with E-state index in [9.17, 15) is 14.0 Å². The molecule has 0 saturated heterocycles. The molecule has 1 aromatic heterocycles. The molecule has 0 fully saturated rings. The summed E-state index contributed by atoms with van der Waals surface area (Å²) in [4.78, 5) is 29.1. The summed E-state index contributed by atoms with van der Waals surface area (Å²) < 4.78 is 20.0. The van der Waals surface area contributed by atoms with Crippen LogP contribution in [0.4, 0.5) is 4.39 Å². The first-order chi connectivity index (χ1) is 15.0. The SMILES string of the molecule is Cc1cccc(-c2nc(C(=O)OCC(=O)c3ccccc3)nn2-c2ccc(F)cc2)c1. The Kier molecular flexibility index (Phi) is 5.66. The normalized spacial score (nSPS) is 10.6. The van der Waals surface area contributed by atoms with E-state index in [2.05, 4.69) is 10.1 Å². The molecule has 4 rings (SSSR count). The molecule has 7 heteroatoms. The van der Waals surface area contributed by atoms with Gasteiger partial charge in [-0.15, -0.1) is 5.10 Å². The van der Waals surface area contributed by atoms with Gasteiger partial charge in [0.1, 0.15) is 5.82 Å². The number of hydrogen-bond acceptors (Lipinski definition) is 5. The number of halogens is 1. The van der Waals surface area contributed by atoms with Crippen LogP contribution in [0.2, 0.25) is 0 Å². The third kappa shape index (κ3) is 4.56. The molecule has 0 radical (unpaired) electrons. The second-order valence-corrected chi connectivity index (χ2v) is 6.88. The number of benzene rings is 3. The number of Topliss-reactive ketones (excluding diaryl/α,β-unsaturated/α-hetero) is 1. The van der Waals surface area contributed by atoms with Gasteiger partial charge in [-0.2, -0.15) is 0 Å². The van der Waals surface area contributed by atoms with Crippen LogP contribution in [0.15, 0.2) is 78.9 Å². The van der Waals surface area contributed by atoms with Crippen LogP contribution in [-0.4, -0.2) is 33.1 Å². The molecule has 0 bridgehead atoms. The first-order valence-corrected chi connectivity index (χ1v) is 9.57. The van der Waals surface area contributed by atoms with E-state index in [1.807, 2.05) is 31.2 Å². The molecule has 31 heavy (non-hydrogen) atoms. The summed E-state index contributed by atoms with van der Waals surface area (Å²) in [6.45, 7) is 1.51. The predicted molar refractivity (Wildman–Crippen MR) is 113 cm³/mol. The van der Waals surface area contributed by atoms with Crippen molar-refractivity contribution < 1.29 is 18.7 Å². The summed E-state index contributed by atoms with van der Waals surface area (Å²) in [6, 6.07) is 21.8. The fraction of sp³-hybridized carbons (Fsp3) is 0.0833. The lowest BCUT2D eigenvalue weighted by atomic mass is 10.1. The van der Waals surface area contributed by atoms with E-state index in [1.54, 1.807) is 30.3 Å². The van der Waals surface area contributed by atoms with Gasteiger partial charge in [-0.05, 0) is 37.3 Å². The Hall–Kier alpha value is -4.13. The molecule has 154 valence electrons. The van der Waals surface area contributed by atoms with Crippen molar-refractivity contribution in [3.8, 4) is 17.1 Å². The number of ketones is 1. The lowest BCUT2D eigenvalue weighted by Gasteiger charge is -2.06. The van der Waals surface area contributed by atoms with E-state index in [0.29, 0.717) is 17.1 Å². The molecule has 0 aliphatic heterocycles. The molecular weight excluding hydrogens is 397 g/mol. The third-order valence-corrected chi connectivity index (χ3v) is 4.57. The molecule has 0 N–H and O–H groups in total. The Balaban J connectivity index is 1.63. The van der Waals surface area contributed by atoms with Gasteiger partial charge in [0, 0.05) is 11.1 Å². The number of aromatic nitrogens is 3. The molecule has 4 aromatic rings. The van der Waals surface area contributed by atoms with E-state index in [-0.39, 0.29) is 17.4 Å². The Morgan fingerprint density at radius 3 is 2.42 bits per heavy atom. The first kappa shape index (κ1) is 20.2. The number of carbonyl (C=O) groups is 2. The maximum Gasteiger partial charge on any atom is 0.378 e. The van der Waals surface area contributed by atoms with Crippen LogP contribution in [-0.2, 0) is 4.74 Å². The topological polar surface area (TPSA) is 74.1 Å². The number of hydrogen-bond donors (Lipinski definition) is 0. The molecule has 0 saturated carbocycles. The molecule has 0 amide bonds. The Labute approximate surface area is 177 Å². The number of ether oxygens (including phenoxy) is 1. The largest absolute Gasteiger partial charge is 0.451 e. The predicted octanol–water partition coefficient (Wildman–Crippen LogP) is 4.42. The van der Waals surface area contributed by atoms with Crippen LogP contribution in [0.3, 0.4) is 0 Å². The van der Waals surface area contributed by atoms with E-state index in [0.717, 1.165) is 11.1 Å². The Morgan fingerprint density at radius 2 is 1.71 bits per heavy atom. The van der Waals surface area contributed by atoms with E-state index < -0.39 is 12.6 Å². The summed E-state index contributed by atoms with van der Waals surface area (Å²) in [5, 5.41) is 4.26. The van der Waals surface area contributed by atoms with Crippen LogP contribution in [0.25, 0.3) is 17.1 Å². The summed E-state index contributed by atoms with van der Waals surface area (Å²) >= 11 is 0. The average molecular weight is 415 g/mol.